The highest BCUT2D eigenvalue weighted by atomic mass is 32.2. The predicted molar refractivity (Wildman–Crippen MR) is 103 cm³/mol. The summed E-state index contributed by atoms with van der Waals surface area (Å²) in [6, 6.07) is 9.36. The minimum atomic E-state index is -4.43. The largest absolute Gasteiger partial charge is 0.416 e. The summed E-state index contributed by atoms with van der Waals surface area (Å²) in [5, 5.41) is 10.1. The van der Waals surface area contributed by atoms with Gasteiger partial charge in [-0.25, -0.2) is 13.5 Å². The summed E-state index contributed by atoms with van der Waals surface area (Å²) in [6.07, 6.45) is -3.75. The number of benzene rings is 2. The van der Waals surface area contributed by atoms with Crippen LogP contribution in [0.15, 0.2) is 53.4 Å². The molecule has 1 atom stereocenters. The molecule has 0 unspecified atom stereocenters. The van der Waals surface area contributed by atoms with E-state index in [1.165, 1.54) is 36.4 Å². The van der Waals surface area contributed by atoms with Crippen molar-refractivity contribution in [3.8, 4) is 11.1 Å². The molecule has 2 aromatic carbocycles. The van der Waals surface area contributed by atoms with E-state index in [0.29, 0.717) is 22.6 Å². The Labute approximate surface area is 172 Å². The van der Waals surface area contributed by atoms with Gasteiger partial charge in [-0.3, -0.25) is 10.0 Å². The van der Waals surface area contributed by atoms with Crippen molar-refractivity contribution < 1.29 is 31.6 Å². The zero-order valence-corrected chi connectivity index (χ0v) is 16.9. The standard InChI is InChI=1S/C20H21F3N2O4S/c1-2-12-25(18-11-13-24(27)19(18)26)30(28,29)17-9-5-15(6-10-17)14-3-7-16(8-4-14)20(21,22)23/h3-10,18,27H,2,11-13H2,1H3/t18-/m1/s1. The van der Waals surface area contributed by atoms with Crippen LogP contribution in [0.3, 0.4) is 0 Å². The number of rotatable bonds is 6. The zero-order valence-electron chi connectivity index (χ0n) is 16.1. The van der Waals surface area contributed by atoms with Gasteiger partial charge in [0.1, 0.15) is 6.04 Å². The molecule has 1 N–H and O–H groups in total. The van der Waals surface area contributed by atoms with Gasteiger partial charge in [0.2, 0.25) is 10.0 Å². The predicted octanol–water partition coefficient (Wildman–Crippen LogP) is 3.76. The molecule has 1 aliphatic rings. The van der Waals surface area contributed by atoms with Crippen molar-refractivity contribution in [2.24, 2.45) is 0 Å². The molecule has 1 aliphatic heterocycles. The molecule has 1 saturated heterocycles. The van der Waals surface area contributed by atoms with Gasteiger partial charge in [0, 0.05) is 6.54 Å². The number of nitrogens with zero attached hydrogens (tertiary/aromatic N) is 2. The third kappa shape index (κ3) is 4.35. The smallest absolute Gasteiger partial charge is 0.286 e. The molecular weight excluding hydrogens is 421 g/mol. The molecule has 10 heteroatoms. The van der Waals surface area contributed by atoms with Crippen LogP contribution in [0.25, 0.3) is 11.1 Å². The maximum absolute atomic E-state index is 13.1. The van der Waals surface area contributed by atoms with Crippen molar-refractivity contribution in [2.45, 2.75) is 36.9 Å². The molecule has 0 spiro atoms. The van der Waals surface area contributed by atoms with Crippen LogP contribution in [0.2, 0.25) is 0 Å². The average molecular weight is 442 g/mol. The molecule has 0 radical (unpaired) electrons. The van der Waals surface area contributed by atoms with Crippen molar-refractivity contribution in [3.63, 3.8) is 0 Å². The summed E-state index contributed by atoms with van der Waals surface area (Å²) in [5.74, 6) is -0.659. The normalized spacial score (nSPS) is 17.7. The van der Waals surface area contributed by atoms with Crippen LogP contribution in [-0.4, -0.2) is 48.0 Å². The van der Waals surface area contributed by atoms with Crippen molar-refractivity contribution in [1.82, 2.24) is 9.37 Å². The van der Waals surface area contributed by atoms with Gasteiger partial charge in [0.15, 0.2) is 0 Å². The summed E-state index contributed by atoms with van der Waals surface area (Å²) in [5.41, 5.74) is 0.308. The quantitative estimate of drug-likeness (QED) is 0.691. The van der Waals surface area contributed by atoms with E-state index in [4.69, 9.17) is 0 Å². The third-order valence-corrected chi connectivity index (χ3v) is 6.87. The van der Waals surface area contributed by atoms with Gasteiger partial charge < -0.3 is 0 Å². The number of amides is 1. The molecule has 162 valence electrons. The first-order chi connectivity index (χ1) is 14.1. The minimum absolute atomic E-state index is 0.0317. The first kappa shape index (κ1) is 22.3. The number of carbonyl (C=O) groups excluding carboxylic acids is 1. The third-order valence-electron chi connectivity index (χ3n) is 4.95. The lowest BCUT2D eigenvalue weighted by molar-refractivity contribution is -0.159. The van der Waals surface area contributed by atoms with Crippen molar-refractivity contribution in [3.05, 3.63) is 54.1 Å². The molecule has 1 fully saturated rings. The second-order valence-electron chi connectivity index (χ2n) is 6.98. The average Bonchev–Trinajstić information content (AvgIpc) is 3.04. The van der Waals surface area contributed by atoms with E-state index in [9.17, 15) is 31.6 Å². The van der Waals surface area contributed by atoms with Crippen LogP contribution in [0.1, 0.15) is 25.3 Å². The first-order valence-corrected chi connectivity index (χ1v) is 10.8. The highest BCUT2D eigenvalue weighted by Gasteiger charge is 2.41. The first-order valence-electron chi connectivity index (χ1n) is 9.35. The zero-order chi connectivity index (χ0) is 22.1. The molecule has 1 amide bonds. The molecule has 0 saturated carbocycles. The molecule has 6 nitrogen and oxygen atoms in total. The number of halogens is 3. The van der Waals surface area contributed by atoms with Crippen LogP contribution < -0.4 is 0 Å². The molecule has 1 heterocycles. The van der Waals surface area contributed by atoms with Crippen LogP contribution in [-0.2, 0) is 21.0 Å². The van der Waals surface area contributed by atoms with Gasteiger partial charge in [-0.05, 0) is 48.2 Å². The number of hydroxylamine groups is 2. The fraction of sp³-hybridized carbons (Fsp3) is 0.350. The van der Waals surface area contributed by atoms with Crippen molar-refractivity contribution in [1.29, 1.82) is 0 Å². The molecule has 30 heavy (non-hydrogen) atoms. The van der Waals surface area contributed by atoms with Gasteiger partial charge in [-0.15, -0.1) is 0 Å². The van der Waals surface area contributed by atoms with Gasteiger partial charge in [-0.2, -0.15) is 17.5 Å². The lowest BCUT2D eigenvalue weighted by atomic mass is 10.0. The maximum atomic E-state index is 13.1. The van der Waals surface area contributed by atoms with Gasteiger partial charge >= 0.3 is 6.18 Å². The topological polar surface area (TPSA) is 77.9 Å². The number of sulfonamides is 1. The van der Waals surface area contributed by atoms with E-state index in [2.05, 4.69) is 0 Å². The minimum Gasteiger partial charge on any atom is -0.286 e. The summed E-state index contributed by atoms with van der Waals surface area (Å²) < 4.78 is 65.5. The second-order valence-corrected chi connectivity index (χ2v) is 8.87. The number of alkyl halides is 3. The Kier molecular flexibility index (Phi) is 6.21. The van der Waals surface area contributed by atoms with E-state index in [-0.39, 0.29) is 24.4 Å². The Morgan fingerprint density at radius 2 is 1.60 bits per heavy atom. The molecule has 0 aliphatic carbocycles. The SMILES string of the molecule is CCCN([C@@H]1CCN(O)C1=O)S(=O)(=O)c1ccc(-c2ccc(C(F)(F)F)cc2)cc1. The lowest BCUT2D eigenvalue weighted by Gasteiger charge is -2.26. The van der Waals surface area contributed by atoms with Crippen LogP contribution in [0.4, 0.5) is 13.2 Å². The van der Waals surface area contributed by atoms with E-state index < -0.39 is 33.7 Å². The Hall–Kier alpha value is -2.43. The van der Waals surface area contributed by atoms with Crippen LogP contribution in [0.5, 0.6) is 0 Å². The van der Waals surface area contributed by atoms with Crippen LogP contribution >= 0.6 is 0 Å². The van der Waals surface area contributed by atoms with Gasteiger partial charge in [-0.1, -0.05) is 31.2 Å². The van der Waals surface area contributed by atoms with E-state index in [0.717, 1.165) is 16.4 Å². The summed E-state index contributed by atoms with van der Waals surface area (Å²) in [7, 11) is -4.00. The lowest BCUT2D eigenvalue weighted by Crippen LogP contribution is -2.45. The monoisotopic (exact) mass is 442 g/mol. The number of hydrogen-bond donors (Lipinski definition) is 1. The molecule has 0 aromatic heterocycles. The van der Waals surface area contributed by atoms with E-state index in [1.807, 2.05) is 0 Å². The Bertz CT molecular complexity index is 1010. The summed E-state index contributed by atoms with van der Waals surface area (Å²) in [6.45, 7) is 1.96. The molecular formula is C20H21F3N2O4S. The number of carbonyl (C=O) groups is 1. The number of hydrogen-bond acceptors (Lipinski definition) is 4. The molecule has 0 bridgehead atoms. The van der Waals surface area contributed by atoms with Crippen LogP contribution in [0, 0.1) is 0 Å². The Morgan fingerprint density at radius 3 is 2.03 bits per heavy atom. The van der Waals surface area contributed by atoms with Gasteiger partial charge in [0.05, 0.1) is 17.0 Å². The van der Waals surface area contributed by atoms with E-state index in [1.54, 1.807) is 6.92 Å². The van der Waals surface area contributed by atoms with Crippen molar-refractivity contribution in [2.75, 3.05) is 13.1 Å². The highest BCUT2D eigenvalue weighted by Crippen LogP contribution is 2.31. The van der Waals surface area contributed by atoms with Crippen molar-refractivity contribution >= 4 is 15.9 Å². The summed E-state index contributed by atoms with van der Waals surface area (Å²) in [4.78, 5) is 12.1. The summed E-state index contributed by atoms with van der Waals surface area (Å²) >= 11 is 0. The Morgan fingerprint density at radius 1 is 1.07 bits per heavy atom. The van der Waals surface area contributed by atoms with Gasteiger partial charge in [0.25, 0.3) is 5.91 Å². The molecule has 3 rings (SSSR count). The second kappa shape index (κ2) is 8.37. The Balaban J connectivity index is 1.87. The fourth-order valence-corrected chi connectivity index (χ4v) is 5.09. The van der Waals surface area contributed by atoms with E-state index >= 15 is 0 Å². The highest BCUT2D eigenvalue weighted by molar-refractivity contribution is 7.89. The fourth-order valence-electron chi connectivity index (χ4n) is 3.39. The maximum Gasteiger partial charge on any atom is 0.416 e. The molecule has 2 aromatic rings.